The molecule has 130 valence electrons. The minimum atomic E-state index is -0.241. The lowest BCUT2D eigenvalue weighted by molar-refractivity contribution is -0.120. The highest BCUT2D eigenvalue weighted by atomic mass is 32.2. The maximum absolute atomic E-state index is 12.8. The molecule has 1 amide bonds. The van der Waals surface area contributed by atoms with Gasteiger partial charge in [0.2, 0.25) is 5.91 Å². The van der Waals surface area contributed by atoms with Crippen LogP contribution in [0.4, 0.5) is 4.39 Å². The minimum absolute atomic E-state index is 0.0545. The van der Waals surface area contributed by atoms with Gasteiger partial charge in [0.25, 0.3) is 0 Å². The van der Waals surface area contributed by atoms with Crippen LogP contribution in [0.2, 0.25) is 0 Å². The zero-order valence-corrected chi connectivity index (χ0v) is 15.3. The van der Waals surface area contributed by atoms with Gasteiger partial charge in [-0.05, 0) is 42.8 Å². The molecule has 0 aliphatic carbocycles. The molecule has 0 fully saturated rings. The van der Waals surface area contributed by atoms with Crippen LogP contribution in [0.3, 0.4) is 0 Å². The molecule has 0 saturated carbocycles. The molecule has 25 heavy (non-hydrogen) atoms. The van der Waals surface area contributed by atoms with E-state index in [2.05, 4.69) is 16.4 Å². The summed E-state index contributed by atoms with van der Waals surface area (Å²) < 4.78 is 14.0. The first-order valence-corrected chi connectivity index (χ1v) is 10.0. The fraction of sp³-hybridized carbons (Fsp3) is 0.263. The van der Waals surface area contributed by atoms with E-state index in [1.807, 2.05) is 18.2 Å². The van der Waals surface area contributed by atoms with Gasteiger partial charge in [-0.3, -0.25) is 4.79 Å². The van der Waals surface area contributed by atoms with Gasteiger partial charge in [-0.25, -0.2) is 9.37 Å². The zero-order chi connectivity index (χ0) is 17.5. The minimum Gasteiger partial charge on any atom is -0.356 e. The van der Waals surface area contributed by atoms with E-state index in [4.69, 9.17) is 0 Å². The van der Waals surface area contributed by atoms with Gasteiger partial charge in [-0.1, -0.05) is 12.1 Å². The predicted octanol–water partition coefficient (Wildman–Crippen LogP) is 4.67. The van der Waals surface area contributed by atoms with Gasteiger partial charge >= 0.3 is 0 Å². The second-order valence-corrected chi connectivity index (χ2v) is 7.86. The first-order valence-electron chi connectivity index (χ1n) is 8.20. The van der Waals surface area contributed by atoms with Crippen molar-refractivity contribution in [1.82, 2.24) is 10.3 Å². The molecule has 3 rings (SSSR count). The summed E-state index contributed by atoms with van der Waals surface area (Å²) in [5.41, 5.74) is 1.05. The number of thioether (sulfide) groups is 1. The van der Waals surface area contributed by atoms with E-state index in [9.17, 15) is 9.18 Å². The van der Waals surface area contributed by atoms with Crippen molar-refractivity contribution in [2.45, 2.75) is 24.2 Å². The fourth-order valence-electron chi connectivity index (χ4n) is 2.38. The monoisotopic (exact) mass is 374 g/mol. The van der Waals surface area contributed by atoms with Crippen LogP contribution in [0.25, 0.3) is 10.2 Å². The normalized spacial score (nSPS) is 10.9. The summed E-state index contributed by atoms with van der Waals surface area (Å²) in [6.45, 7) is 0.663. The molecule has 0 saturated heterocycles. The Morgan fingerprint density at radius 1 is 1.16 bits per heavy atom. The molecule has 0 bridgehead atoms. The van der Waals surface area contributed by atoms with Gasteiger partial charge in [0.05, 0.1) is 15.2 Å². The van der Waals surface area contributed by atoms with E-state index in [-0.39, 0.29) is 11.7 Å². The highest BCUT2D eigenvalue weighted by Crippen LogP contribution is 2.22. The summed E-state index contributed by atoms with van der Waals surface area (Å²) in [6.07, 6.45) is 2.23. The number of halogens is 1. The first kappa shape index (κ1) is 17.9. The summed E-state index contributed by atoms with van der Waals surface area (Å²) in [7, 11) is 0. The number of benzene rings is 2. The van der Waals surface area contributed by atoms with Crippen molar-refractivity contribution < 1.29 is 9.18 Å². The number of hydrogen-bond donors (Lipinski definition) is 1. The summed E-state index contributed by atoms with van der Waals surface area (Å²) in [4.78, 5) is 17.4. The quantitative estimate of drug-likeness (QED) is 0.460. The summed E-state index contributed by atoms with van der Waals surface area (Å²) in [6, 6.07) is 14.5. The Hall–Kier alpha value is -1.92. The van der Waals surface area contributed by atoms with Gasteiger partial charge in [0, 0.05) is 30.0 Å². The van der Waals surface area contributed by atoms with Crippen LogP contribution in [-0.2, 0) is 11.2 Å². The molecule has 3 nitrogen and oxygen atoms in total. The van der Waals surface area contributed by atoms with E-state index < -0.39 is 0 Å². The zero-order valence-electron chi connectivity index (χ0n) is 13.7. The molecule has 1 N–H and O–H groups in total. The Kier molecular flexibility index (Phi) is 6.42. The highest BCUT2D eigenvalue weighted by molar-refractivity contribution is 7.99. The third-order valence-electron chi connectivity index (χ3n) is 3.64. The van der Waals surface area contributed by atoms with Gasteiger partial charge < -0.3 is 5.32 Å². The van der Waals surface area contributed by atoms with Gasteiger partial charge in [0.1, 0.15) is 5.82 Å². The molecule has 0 spiro atoms. The highest BCUT2D eigenvalue weighted by Gasteiger charge is 2.05. The number of amides is 1. The Morgan fingerprint density at radius 3 is 2.76 bits per heavy atom. The van der Waals surface area contributed by atoms with Crippen molar-refractivity contribution in [2.24, 2.45) is 0 Å². The lowest BCUT2D eigenvalue weighted by atomic mass is 10.3. The SMILES string of the molecule is O=C(CCSc1ccc(F)cc1)NCCCc1nc2ccccc2s1. The molecule has 0 radical (unpaired) electrons. The number of nitrogens with one attached hydrogen (secondary N) is 1. The van der Waals surface area contributed by atoms with Crippen LogP contribution in [-0.4, -0.2) is 23.2 Å². The molecule has 1 aromatic heterocycles. The van der Waals surface area contributed by atoms with Crippen LogP contribution >= 0.6 is 23.1 Å². The lowest BCUT2D eigenvalue weighted by Crippen LogP contribution is -2.24. The molecule has 2 aromatic carbocycles. The average Bonchev–Trinajstić information content (AvgIpc) is 3.03. The Labute approximate surface area is 154 Å². The van der Waals surface area contributed by atoms with Gasteiger partial charge in [0.15, 0.2) is 0 Å². The molecule has 0 aliphatic rings. The number of carbonyl (C=O) groups is 1. The van der Waals surface area contributed by atoms with E-state index in [0.717, 1.165) is 28.3 Å². The number of aryl methyl sites for hydroxylation is 1. The Balaban J connectivity index is 1.31. The third-order valence-corrected chi connectivity index (χ3v) is 5.75. The molecule has 0 aliphatic heterocycles. The summed E-state index contributed by atoms with van der Waals surface area (Å²) in [5, 5.41) is 4.06. The number of rotatable bonds is 8. The van der Waals surface area contributed by atoms with Gasteiger partial charge in [-0.2, -0.15) is 0 Å². The number of hydrogen-bond acceptors (Lipinski definition) is 4. The maximum Gasteiger partial charge on any atom is 0.220 e. The fourth-order valence-corrected chi connectivity index (χ4v) is 4.24. The van der Waals surface area contributed by atoms with E-state index in [1.165, 1.54) is 16.8 Å². The number of aromatic nitrogens is 1. The number of carbonyl (C=O) groups excluding carboxylic acids is 1. The number of thiazole rings is 1. The number of para-hydroxylation sites is 1. The molecule has 1 heterocycles. The van der Waals surface area contributed by atoms with E-state index >= 15 is 0 Å². The maximum atomic E-state index is 12.8. The molecule has 0 unspecified atom stereocenters. The van der Waals surface area contributed by atoms with Crippen molar-refractivity contribution in [3.63, 3.8) is 0 Å². The van der Waals surface area contributed by atoms with Crippen molar-refractivity contribution in [3.05, 3.63) is 59.4 Å². The average molecular weight is 375 g/mol. The van der Waals surface area contributed by atoms with Crippen LogP contribution in [0.5, 0.6) is 0 Å². The number of nitrogens with zero attached hydrogens (tertiary/aromatic N) is 1. The van der Waals surface area contributed by atoms with Crippen LogP contribution in [0.1, 0.15) is 17.8 Å². The smallest absolute Gasteiger partial charge is 0.220 e. The van der Waals surface area contributed by atoms with E-state index in [0.29, 0.717) is 18.7 Å². The van der Waals surface area contributed by atoms with Crippen molar-refractivity contribution >= 4 is 39.2 Å². The largest absolute Gasteiger partial charge is 0.356 e. The lowest BCUT2D eigenvalue weighted by Gasteiger charge is -2.04. The molecule has 6 heteroatoms. The second kappa shape index (κ2) is 8.97. The van der Waals surface area contributed by atoms with Crippen LogP contribution in [0, 0.1) is 5.82 Å². The second-order valence-electron chi connectivity index (χ2n) is 5.58. The van der Waals surface area contributed by atoms with Crippen molar-refractivity contribution in [3.8, 4) is 0 Å². The number of fused-ring (bicyclic) bond motifs is 1. The van der Waals surface area contributed by atoms with Crippen molar-refractivity contribution in [2.75, 3.05) is 12.3 Å². The first-order chi connectivity index (χ1) is 12.2. The molecular formula is C19H19FN2OS2. The summed E-state index contributed by atoms with van der Waals surface area (Å²) >= 11 is 3.27. The van der Waals surface area contributed by atoms with E-state index in [1.54, 1.807) is 35.2 Å². The summed E-state index contributed by atoms with van der Waals surface area (Å²) in [5.74, 6) is 0.504. The van der Waals surface area contributed by atoms with Gasteiger partial charge in [-0.15, -0.1) is 23.1 Å². The topological polar surface area (TPSA) is 42.0 Å². The molecule has 0 atom stereocenters. The third kappa shape index (κ3) is 5.54. The standard InChI is InChI=1S/C19H19FN2OS2/c20-14-7-9-15(10-8-14)24-13-11-18(23)21-12-3-6-19-22-16-4-1-2-5-17(16)25-19/h1-2,4-5,7-10H,3,6,11-13H2,(H,21,23). The Morgan fingerprint density at radius 2 is 1.96 bits per heavy atom. The predicted molar refractivity (Wildman–Crippen MR) is 103 cm³/mol. The molecule has 3 aromatic rings. The van der Waals surface area contributed by atoms with Crippen molar-refractivity contribution in [1.29, 1.82) is 0 Å². The Bertz CT molecular complexity index is 800. The molecular weight excluding hydrogens is 355 g/mol. The van der Waals surface area contributed by atoms with Crippen LogP contribution in [0.15, 0.2) is 53.4 Å². The van der Waals surface area contributed by atoms with Crippen LogP contribution < -0.4 is 5.32 Å².